The molecule has 7 nitrogen and oxygen atoms in total. The van der Waals surface area contributed by atoms with Crippen molar-refractivity contribution < 1.29 is 26.8 Å². The van der Waals surface area contributed by atoms with Crippen LogP contribution in [0.4, 0.5) is 10.1 Å². The van der Waals surface area contributed by atoms with Gasteiger partial charge in [0.1, 0.15) is 28.7 Å². The van der Waals surface area contributed by atoms with Gasteiger partial charge >= 0.3 is 0 Å². The number of anilines is 1. The summed E-state index contributed by atoms with van der Waals surface area (Å²) in [5, 5.41) is 0.574. The molecule has 0 spiro atoms. The van der Waals surface area contributed by atoms with Crippen LogP contribution in [0.25, 0.3) is 11.0 Å². The first-order valence-corrected chi connectivity index (χ1v) is 12.9. The topological polar surface area (TPSA) is 112 Å². The van der Waals surface area contributed by atoms with Crippen molar-refractivity contribution in [3.8, 4) is 11.5 Å². The van der Waals surface area contributed by atoms with Gasteiger partial charge in [-0.05, 0) is 72.4 Å². The van der Waals surface area contributed by atoms with Crippen LogP contribution in [0.15, 0.2) is 65.1 Å². The SMILES string of the molecule is CS(=O)(=O)Nc1cc2oc(Cc3ccc(Oc4ccc(F)cc4)cc3)c(C(N)=O)c2cc1C1CC1. The average molecular weight is 495 g/mol. The second-order valence-electron chi connectivity index (χ2n) is 8.73. The minimum absolute atomic E-state index is 0.233. The Bertz CT molecular complexity index is 1520. The number of halogens is 1. The van der Waals surface area contributed by atoms with Crippen LogP contribution < -0.4 is 15.2 Å². The van der Waals surface area contributed by atoms with Crippen LogP contribution >= 0.6 is 0 Å². The van der Waals surface area contributed by atoms with E-state index in [4.69, 9.17) is 14.9 Å². The number of hydrogen-bond acceptors (Lipinski definition) is 5. The molecule has 1 aliphatic rings. The largest absolute Gasteiger partial charge is 0.460 e. The smallest absolute Gasteiger partial charge is 0.252 e. The molecule has 180 valence electrons. The second kappa shape index (κ2) is 8.74. The molecule has 1 aromatic heterocycles. The van der Waals surface area contributed by atoms with Crippen LogP contribution in [0.1, 0.15) is 46.0 Å². The molecule has 35 heavy (non-hydrogen) atoms. The number of furan rings is 1. The summed E-state index contributed by atoms with van der Waals surface area (Å²) in [6, 6.07) is 16.4. The van der Waals surface area contributed by atoms with Crippen molar-refractivity contribution >= 4 is 32.6 Å². The molecule has 5 rings (SSSR count). The molecule has 3 N–H and O–H groups in total. The van der Waals surface area contributed by atoms with Crippen molar-refractivity contribution in [1.29, 1.82) is 0 Å². The lowest BCUT2D eigenvalue weighted by Gasteiger charge is -2.10. The monoisotopic (exact) mass is 494 g/mol. The third-order valence-corrected chi connectivity index (χ3v) is 6.42. The predicted octanol–water partition coefficient (Wildman–Crippen LogP) is 5.30. The Hall–Kier alpha value is -3.85. The second-order valence-corrected chi connectivity index (χ2v) is 10.5. The number of nitrogens with two attached hydrogens (primary N) is 1. The van der Waals surface area contributed by atoms with Gasteiger partial charge in [-0.15, -0.1) is 0 Å². The van der Waals surface area contributed by atoms with Gasteiger partial charge in [0, 0.05) is 17.9 Å². The van der Waals surface area contributed by atoms with Crippen LogP contribution in [0.3, 0.4) is 0 Å². The highest BCUT2D eigenvalue weighted by Gasteiger charge is 2.29. The van der Waals surface area contributed by atoms with Crippen molar-refractivity contribution in [3.63, 3.8) is 0 Å². The molecule has 0 aliphatic heterocycles. The summed E-state index contributed by atoms with van der Waals surface area (Å²) in [6.07, 6.45) is 3.30. The Morgan fingerprint density at radius 2 is 1.71 bits per heavy atom. The standard InChI is InChI=1S/C26H23FN2O5S/c1-35(31,32)29-22-14-23-21(13-20(22)16-4-5-16)25(26(28)30)24(34-23)12-15-2-8-18(9-3-15)33-19-10-6-17(27)7-11-19/h2-3,6-11,13-14,16,29H,4-5,12H2,1H3,(H2,28,30). The number of rotatable bonds is 8. The Balaban J connectivity index is 1.46. The molecular weight excluding hydrogens is 471 g/mol. The van der Waals surface area contributed by atoms with E-state index in [1.54, 1.807) is 30.3 Å². The normalized spacial score (nSPS) is 13.7. The van der Waals surface area contributed by atoms with E-state index in [1.165, 1.54) is 12.1 Å². The zero-order valence-corrected chi connectivity index (χ0v) is 19.7. The molecule has 4 aromatic rings. The van der Waals surface area contributed by atoms with E-state index in [9.17, 15) is 17.6 Å². The zero-order chi connectivity index (χ0) is 24.7. The van der Waals surface area contributed by atoms with E-state index >= 15 is 0 Å². The maximum Gasteiger partial charge on any atom is 0.252 e. The van der Waals surface area contributed by atoms with Gasteiger partial charge in [0.05, 0.1) is 17.5 Å². The molecule has 0 radical (unpaired) electrons. The summed E-state index contributed by atoms with van der Waals surface area (Å²) in [6.45, 7) is 0. The number of ether oxygens (including phenoxy) is 1. The maximum atomic E-state index is 13.1. The van der Waals surface area contributed by atoms with Gasteiger partial charge in [-0.25, -0.2) is 12.8 Å². The summed E-state index contributed by atoms with van der Waals surface area (Å²) in [5.41, 5.74) is 8.55. The van der Waals surface area contributed by atoms with Crippen molar-refractivity contribution in [2.75, 3.05) is 11.0 Å². The Labute approximate surface area is 201 Å². The number of hydrogen-bond donors (Lipinski definition) is 2. The molecule has 0 atom stereocenters. The minimum Gasteiger partial charge on any atom is -0.460 e. The molecule has 0 saturated heterocycles. The van der Waals surface area contributed by atoms with Crippen molar-refractivity contribution in [3.05, 3.63) is 88.9 Å². The van der Waals surface area contributed by atoms with Crippen LogP contribution in [0.2, 0.25) is 0 Å². The minimum atomic E-state index is -3.48. The molecule has 3 aromatic carbocycles. The number of fused-ring (bicyclic) bond motifs is 1. The van der Waals surface area contributed by atoms with Crippen molar-refractivity contribution in [2.24, 2.45) is 5.73 Å². The lowest BCUT2D eigenvalue weighted by molar-refractivity contribution is 0.1000. The number of sulfonamides is 1. The molecule has 1 fully saturated rings. The number of nitrogens with one attached hydrogen (secondary N) is 1. The van der Waals surface area contributed by atoms with Gasteiger partial charge in [-0.3, -0.25) is 9.52 Å². The zero-order valence-electron chi connectivity index (χ0n) is 18.9. The highest BCUT2D eigenvalue weighted by molar-refractivity contribution is 7.92. The van der Waals surface area contributed by atoms with E-state index in [0.717, 1.165) is 30.2 Å². The highest BCUT2D eigenvalue weighted by atomic mass is 32.2. The van der Waals surface area contributed by atoms with Crippen LogP contribution in [0, 0.1) is 5.82 Å². The van der Waals surface area contributed by atoms with Crippen molar-refractivity contribution in [2.45, 2.75) is 25.2 Å². The summed E-state index contributed by atoms with van der Waals surface area (Å²) >= 11 is 0. The molecule has 1 saturated carbocycles. The number of primary amides is 1. The lowest BCUT2D eigenvalue weighted by atomic mass is 10.0. The highest BCUT2D eigenvalue weighted by Crippen LogP contribution is 2.46. The summed E-state index contributed by atoms with van der Waals surface area (Å²) < 4.78 is 51.1. The molecule has 0 unspecified atom stereocenters. The average Bonchev–Trinajstić information content (AvgIpc) is 3.56. The first kappa shape index (κ1) is 22.9. The fourth-order valence-corrected chi connectivity index (χ4v) is 4.70. The van der Waals surface area contributed by atoms with Gasteiger partial charge < -0.3 is 14.9 Å². The van der Waals surface area contributed by atoms with Crippen LogP contribution in [-0.2, 0) is 16.4 Å². The van der Waals surface area contributed by atoms with Gasteiger partial charge in [0.2, 0.25) is 10.0 Å². The summed E-state index contributed by atoms with van der Waals surface area (Å²) in [4.78, 5) is 12.4. The van der Waals surface area contributed by atoms with Crippen LogP contribution in [0.5, 0.6) is 11.5 Å². The van der Waals surface area contributed by atoms with E-state index < -0.39 is 15.9 Å². The van der Waals surface area contributed by atoms with Crippen LogP contribution in [-0.4, -0.2) is 20.6 Å². The van der Waals surface area contributed by atoms with Gasteiger partial charge in [0.25, 0.3) is 5.91 Å². The maximum absolute atomic E-state index is 13.1. The van der Waals surface area contributed by atoms with Gasteiger partial charge in [-0.1, -0.05) is 12.1 Å². The Morgan fingerprint density at radius 3 is 2.29 bits per heavy atom. The van der Waals surface area contributed by atoms with Gasteiger partial charge in [0.15, 0.2) is 0 Å². The number of carbonyl (C=O) groups excluding carboxylic acids is 1. The number of amides is 1. The molecule has 1 heterocycles. The molecule has 1 amide bonds. The third-order valence-electron chi connectivity index (χ3n) is 5.83. The van der Waals surface area contributed by atoms with E-state index in [1.807, 2.05) is 18.2 Å². The van der Waals surface area contributed by atoms with Crippen molar-refractivity contribution in [1.82, 2.24) is 0 Å². The fourth-order valence-electron chi connectivity index (χ4n) is 4.12. The third kappa shape index (κ3) is 5.14. The molecule has 9 heteroatoms. The molecular formula is C26H23FN2O5S. The summed E-state index contributed by atoms with van der Waals surface area (Å²) in [7, 11) is -3.48. The van der Waals surface area contributed by atoms with Gasteiger partial charge in [-0.2, -0.15) is 0 Å². The number of carbonyl (C=O) groups is 1. The Kier molecular flexibility index (Phi) is 5.72. The lowest BCUT2D eigenvalue weighted by Crippen LogP contribution is -2.13. The van der Waals surface area contributed by atoms with E-state index in [2.05, 4.69) is 4.72 Å². The fraction of sp³-hybridized carbons (Fsp3) is 0.192. The summed E-state index contributed by atoms with van der Waals surface area (Å²) in [5.74, 6) is 0.769. The van der Waals surface area contributed by atoms with E-state index in [-0.39, 0.29) is 11.7 Å². The van der Waals surface area contributed by atoms with E-state index in [0.29, 0.717) is 45.9 Å². The number of benzene rings is 3. The molecule has 0 bridgehead atoms. The molecule has 1 aliphatic carbocycles. The predicted molar refractivity (Wildman–Crippen MR) is 131 cm³/mol. The Morgan fingerprint density at radius 1 is 1.09 bits per heavy atom. The first-order valence-electron chi connectivity index (χ1n) is 11.1. The first-order chi connectivity index (χ1) is 16.7. The quantitative estimate of drug-likeness (QED) is 0.345.